The summed E-state index contributed by atoms with van der Waals surface area (Å²) in [4.78, 5) is 11.5. The molecule has 0 atom stereocenters. The van der Waals surface area contributed by atoms with E-state index in [4.69, 9.17) is 16.3 Å². The lowest BCUT2D eigenvalue weighted by atomic mass is 10.0. The minimum Gasteiger partial charge on any atom is -0.466 e. The molecule has 1 aromatic carbocycles. The molecule has 4 nitrogen and oxygen atoms in total. The minimum absolute atomic E-state index is 0.134. The number of esters is 1. The van der Waals surface area contributed by atoms with E-state index in [9.17, 15) is 18.0 Å². The summed E-state index contributed by atoms with van der Waals surface area (Å²) in [6.07, 6.45) is -4.62. The quantitative estimate of drug-likeness (QED) is 0.751. The van der Waals surface area contributed by atoms with Gasteiger partial charge in [0.15, 0.2) is 0 Å². The number of ether oxygens (including phenoxy) is 2. The number of halogens is 4. The molecule has 130 valence electrons. The fourth-order valence-electron chi connectivity index (χ4n) is 1.84. The van der Waals surface area contributed by atoms with Crippen LogP contribution in [0.25, 0.3) is 0 Å². The Bertz CT molecular complexity index is 547. The number of hydrogen-bond donors (Lipinski definition) is 1. The smallest absolute Gasteiger partial charge is 0.466 e. The lowest BCUT2D eigenvalue weighted by molar-refractivity contribution is -0.274. The molecule has 0 saturated heterocycles. The molecule has 0 aromatic heterocycles. The highest BCUT2D eigenvalue weighted by Gasteiger charge is 2.32. The summed E-state index contributed by atoms with van der Waals surface area (Å²) in [7, 11) is 0. The van der Waals surface area contributed by atoms with Crippen molar-refractivity contribution in [2.75, 3.05) is 6.61 Å². The third-order valence-corrected chi connectivity index (χ3v) is 3.18. The van der Waals surface area contributed by atoms with Gasteiger partial charge in [0.1, 0.15) is 5.75 Å². The van der Waals surface area contributed by atoms with Crippen molar-refractivity contribution in [2.24, 2.45) is 0 Å². The molecule has 0 heterocycles. The van der Waals surface area contributed by atoms with Crippen LogP contribution in [0.4, 0.5) is 13.2 Å². The van der Waals surface area contributed by atoms with Gasteiger partial charge in [-0.3, -0.25) is 4.79 Å². The molecule has 0 spiro atoms. The third-order valence-electron chi connectivity index (χ3n) is 2.88. The largest absolute Gasteiger partial charge is 0.573 e. The number of carbonyl (C=O) groups is 1. The molecular formula is C15H19ClF3NO3. The molecule has 0 aliphatic heterocycles. The van der Waals surface area contributed by atoms with E-state index in [1.807, 2.05) is 13.8 Å². The van der Waals surface area contributed by atoms with Gasteiger partial charge in [-0.05, 0) is 38.5 Å². The van der Waals surface area contributed by atoms with Gasteiger partial charge in [0.25, 0.3) is 0 Å². The topological polar surface area (TPSA) is 47.6 Å². The zero-order chi connectivity index (χ0) is 17.7. The number of rotatable bonds is 7. The molecule has 0 bridgehead atoms. The first-order valence-electron chi connectivity index (χ1n) is 6.97. The van der Waals surface area contributed by atoms with Crippen molar-refractivity contribution in [1.29, 1.82) is 0 Å². The van der Waals surface area contributed by atoms with Crippen LogP contribution in [0, 0.1) is 0 Å². The van der Waals surface area contributed by atoms with E-state index >= 15 is 0 Å². The minimum atomic E-state index is -4.79. The average molecular weight is 354 g/mol. The lowest BCUT2D eigenvalue weighted by Gasteiger charge is -2.25. The van der Waals surface area contributed by atoms with Crippen LogP contribution in [-0.4, -0.2) is 24.5 Å². The molecule has 0 aliphatic rings. The maximum Gasteiger partial charge on any atom is 0.573 e. The highest BCUT2D eigenvalue weighted by Crippen LogP contribution is 2.30. The van der Waals surface area contributed by atoms with Crippen LogP contribution in [-0.2, 0) is 16.1 Å². The van der Waals surface area contributed by atoms with Crippen LogP contribution in [0.5, 0.6) is 5.75 Å². The number of carbonyl (C=O) groups excluding carboxylic acids is 1. The summed E-state index contributed by atoms with van der Waals surface area (Å²) in [5, 5.41) is 3.00. The third kappa shape index (κ3) is 7.56. The fourth-order valence-corrected chi connectivity index (χ4v) is 2.08. The van der Waals surface area contributed by atoms with Gasteiger partial charge in [-0.2, -0.15) is 0 Å². The summed E-state index contributed by atoms with van der Waals surface area (Å²) in [6, 6.07) is 4.02. The molecule has 8 heteroatoms. The Balaban J connectivity index is 2.64. The van der Waals surface area contributed by atoms with E-state index in [-0.39, 0.29) is 17.4 Å². The standard InChI is InChI=1S/C15H19ClF3NO3/c1-4-22-13(21)8-14(2,3)20-9-10-5-6-12(11(16)7-10)23-15(17,18)19/h5-7,20H,4,8-9H2,1-3H3. The molecule has 1 aromatic rings. The van der Waals surface area contributed by atoms with E-state index in [1.165, 1.54) is 12.1 Å². The Morgan fingerprint density at radius 2 is 1.96 bits per heavy atom. The molecule has 0 unspecified atom stereocenters. The summed E-state index contributed by atoms with van der Waals surface area (Å²) >= 11 is 5.78. The Hall–Kier alpha value is -1.47. The first kappa shape index (κ1) is 19.6. The summed E-state index contributed by atoms with van der Waals surface area (Å²) < 4.78 is 45.2. The number of benzene rings is 1. The Morgan fingerprint density at radius 1 is 1.30 bits per heavy atom. The highest BCUT2D eigenvalue weighted by molar-refractivity contribution is 6.32. The van der Waals surface area contributed by atoms with Gasteiger partial charge in [-0.15, -0.1) is 13.2 Å². The van der Waals surface area contributed by atoms with Crippen molar-refractivity contribution in [1.82, 2.24) is 5.32 Å². The maximum absolute atomic E-state index is 12.2. The molecule has 1 N–H and O–H groups in total. The van der Waals surface area contributed by atoms with Crippen molar-refractivity contribution >= 4 is 17.6 Å². The zero-order valence-corrected chi connectivity index (χ0v) is 13.8. The van der Waals surface area contributed by atoms with Crippen LogP contribution < -0.4 is 10.1 Å². The number of hydrogen-bond acceptors (Lipinski definition) is 4. The van der Waals surface area contributed by atoms with Crippen LogP contribution in [0.15, 0.2) is 18.2 Å². The second kappa shape index (κ2) is 7.88. The molecule has 0 fully saturated rings. The summed E-state index contributed by atoms with van der Waals surface area (Å²) in [5.41, 5.74) is 0.140. The van der Waals surface area contributed by atoms with Gasteiger partial charge in [0, 0.05) is 12.1 Å². The first-order chi connectivity index (χ1) is 10.5. The van der Waals surface area contributed by atoms with Crippen LogP contribution in [0.2, 0.25) is 5.02 Å². The molecule has 0 saturated carbocycles. The Kier molecular flexibility index (Phi) is 6.70. The second-order valence-corrected chi connectivity index (χ2v) is 5.94. The fraction of sp³-hybridized carbons (Fsp3) is 0.533. The Morgan fingerprint density at radius 3 is 2.48 bits per heavy atom. The average Bonchev–Trinajstić information content (AvgIpc) is 2.37. The monoisotopic (exact) mass is 353 g/mol. The van der Waals surface area contributed by atoms with Gasteiger partial charge < -0.3 is 14.8 Å². The summed E-state index contributed by atoms with van der Waals surface area (Å²) in [6.45, 7) is 6.02. The summed E-state index contributed by atoms with van der Waals surface area (Å²) in [5.74, 6) is -0.773. The van der Waals surface area contributed by atoms with Gasteiger partial charge in [0.05, 0.1) is 18.1 Å². The molecule has 0 radical (unpaired) electrons. The van der Waals surface area contributed by atoms with Crippen molar-refractivity contribution in [2.45, 2.75) is 45.6 Å². The van der Waals surface area contributed by atoms with Crippen LogP contribution in [0.3, 0.4) is 0 Å². The second-order valence-electron chi connectivity index (χ2n) is 5.53. The highest BCUT2D eigenvalue weighted by atomic mass is 35.5. The molecular weight excluding hydrogens is 335 g/mol. The SMILES string of the molecule is CCOC(=O)CC(C)(C)NCc1ccc(OC(F)(F)F)c(Cl)c1. The lowest BCUT2D eigenvalue weighted by Crippen LogP contribution is -2.41. The molecule has 0 aliphatic carbocycles. The first-order valence-corrected chi connectivity index (χ1v) is 7.35. The van der Waals surface area contributed by atoms with Gasteiger partial charge >= 0.3 is 12.3 Å². The molecule has 1 rings (SSSR count). The number of alkyl halides is 3. The molecule has 0 amide bonds. The number of nitrogens with one attached hydrogen (secondary N) is 1. The van der Waals surface area contributed by atoms with Crippen molar-refractivity contribution < 1.29 is 27.4 Å². The van der Waals surface area contributed by atoms with Crippen LogP contribution >= 0.6 is 11.6 Å². The van der Waals surface area contributed by atoms with Gasteiger partial charge in [-0.1, -0.05) is 17.7 Å². The van der Waals surface area contributed by atoms with E-state index in [2.05, 4.69) is 10.1 Å². The van der Waals surface area contributed by atoms with E-state index in [1.54, 1.807) is 6.92 Å². The van der Waals surface area contributed by atoms with E-state index in [0.717, 1.165) is 6.07 Å². The van der Waals surface area contributed by atoms with Crippen molar-refractivity contribution in [3.8, 4) is 5.75 Å². The normalized spacial score (nSPS) is 12.1. The van der Waals surface area contributed by atoms with Crippen molar-refractivity contribution in [3.63, 3.8) is 0 Å². The van der Waals surface area contributed by atoms with E-state index < -0.39 is 17.7 Å². The van der Waals surface area contributed by atoms with Gasteiger partial charge in [-0.25, -0.2) is 0 Å². The predicted octanol–water partition coefficient (Wildman–Crippen LogP) is 4.06. The van der Waals surface area contributed by atoms with Crippen LogP contribution in [0.1, 0.15) is 32.8 Å². The Labute approximate surface area is 137 Å². The predicted molar refractivity (Wildman–Crippen MR) is 80.3 cm³/mol. The zero-order valence-electron chi connectivity index (χ0n) is 13.1. The molecule has 23 heavy (non-hydrogen) atoms. The maximum atomic E-state index is 12.2. The van der Waals surface area contributed by atoms with Crippen molar-refractivity contribution in [3.05, 3.63) is 28.8 Å². The van der Waals surface area contributed by atoms with E-state index in [0.29, 0.717) is 18.7 Å². The van der Waals surface area contributed by atoms with Gasteiger partial charge in [0.2, 0.25) is 0 Å².